The lowest BCUT2D eigenvalue weighted by Crippen LogP contribution is -2.27. The van der Waals surface area contributed by atoms with Gasteiger partial charge in [0.1, 0.15) is 5.75 Å². The van der Waals surface area contributed by atoms with Crippen LogP contribution in [0.1, 0.15) is 6.92 Å². The summed E-state index contributed by atoms with van der Waals surface area (Å²) >= 11 is 0. The van der Waals surface area contributed by atoms with Gasteiger partial charge in [0.15, 0.2) is 0 Å². The molecule has 7 heteroatoms. The standard InChI is InChI=1S/C11H15N3O4/c1-3-12-7-11(15)13-9-6-8(14(16)17)4-5-10(9)18-2/h4-6,12H,3,7H2,1-2H3,(H,13,15). The molecule has 0 aliphatic rings. The van der Waals surface area contributed by atoms with Gasteiger partial charge in [0.2, 0.25) is 5.91 Å². The third-order valence-electron chi connectivity index (χ3n) is 2.20. The zero-order valence-corrected chi connectivity index (χ0v) is 10.2. The number of methoxy groups -OCH3 is 1. The predicted molar refractivity (Wildman–Crippen MR) is 66.8 cm³/mol. The molecule has 2 N–H and O–H groups in total. The van der Waals surface area contributed by atoms with E-state index in [1.165, 1.54) is 25.3 Å². The third kappa shape index (κ3) is 3.70. The highest BCUT2D eigenvalue weighted by molar-refractivity contribution is 5.94. The minimum absolute atomic E-state index is 0.102. The van der Waals surface area contributed by atoms with Crippen LogP contribution in [0.4, 0.5) is 11.4 Å². The lowest BCUT2D eigenvalue weighted by atomic mass is 10.2. The van der Waals surface area contributed by atoms with Gasteiger partial charge in [-0.1, -0.05) is 6.92 Å². The number of nitro groups is 1. The minimum Gasteiger partial charge on any atom is -0.495 e. The molecule has 0 aliphatic heterocycles. The molecule has 0 radical (unpaired) electrons. The van der Waals surface area contributed by atoms with E-state index in [0.29, 0.717) is 12.3 Å². The molecule has 18 heavy (non-hydrogen) atoms. The van der Waals surface area contributed by atoms with E-state index in [0.717, 1.165) is 0 Å². The van der Waals surface area contributed by atoms with E-state index in [1.807, 2.05) is 6.92 Å². The maximum Gasteiger partial charge on any atom is 0.271 e. The van der Waals surface area contributed by atoms with Crippen LogP contribution in [0.3, 0.4) is 0 Å². The largest absolute Gasteiger partial charge is 0.495 e. The molecule has 1 aromatic carbocycles. The van der Waals surface area contributed by atoms with Crippen LogP contribution in [0, 0.1) is 10.1 Å². The summed E-state index contributed by atoms with van der Waals surface area (Å²) < 4.78 is 5.03. The minimum atomic E-state index is -0.528. The van der Waals surface area contributed by atoms with Crippen LogP contribution < -0.4 is 15.4 Å². The molecule has 0 spiro atoms. The number of carbonyl (C=O) groups is 1. The molecule has 0 heterocycles. The number of nitro benzene ring substituents is 1. The maximum atomic E-state index is 11.5. The van der Waals surface area contributed by atoms with Gasteiger partial charge >= 0.3 is 0 Å². The van der Waals surface area contributed by atoms with Crippen molar-refractivity contribution in [2.24, 2.45) is 0 Å². The Labute approximate surface area is 104 Å². The quantitative estimate of drug-likeness (QED) is 0.586. The van der Waals surface area contributed by atoms with Crippen molar-refractivity contribution in [3.05, 3.63) is 28.3 Å². The molecule has 0 saturated heterocycles. The molecule has 0 fully saturated rings. The van der Waals surface area contributed by atoms with Gasteiger partial charge in [-0.2, -0.15) is 0 Å². The summed E-state index contributed by atoms with van der Waals surface area (Å²) in [7, 11) is 1.43. The van der Waals surface area contributed by atoms with E-state index in [9.17, 15) is 14.9 Å². The average Bonchev–Trinajstić information content (AvgIpc) is 2.36. The van der Waals surface area contributed by atoms with Gasteiger partial charge in [-0.15, -0.1) is 0 Å². The van der Waals surface area contributed by atoms with Crippen molar-refractivity contribution in [1.29, 1.82) is 0 Å². The van der Waals surface area contributed by atoms with E-state index >= 15 is 0 Å². The third-order valence-corrected chi connectivity index (χ3v) is 2.20. The highest BCUT2D eigenvalue weighted by atomic mass is 16.6. The second kappa shape index (κ2) is 6.55. The van der Waals surface area contributed by atoms with Gasteiger partial charge in [0.25, 0.3) is 5.69 Å². The van der Waals surface area contributed by atoms with Crippen molar-refractivity contribution in [2.45, 2.75) is 6.92 Å². The molecule has 0 atom stereocenters. The molecule has 0 aromatic heterocycles. The normalized spacial score (nSPS) is 9.89. The van der Waals surface area contributed by atoms with Gasteiger partial charge in [-0.25, -0.2) is 0 Å². The maximum absolute atomic E-state index is 11.5. The van der Waals surface area contributed by atoms with E-state index in [-0.39, 0.29) is 23.8 Å². The fourth-order valence-corrected chi connectivity index (χ4v) is 1.34. The van der Waals surface area contributed by atoms with Crippen molar-refractivity contribution in [2.75, 3.05) is 25.5 Å². The van der Waals surface area contributed by atoms with Crippen molar-refractivity contribution in [1.82, 2.24) is 5.32 Å². The summed E-state index contributed by atoms with van der Waals surface area (Å²) in [4.78, 5) is 21.6. The Morgan fingerprint density at radius 1 is 1.50 bits per heavy atom. The first-order valence-corrected chi connectivity index (χ1v) is 5.41. The number of ether oxygens (including phenoxy) is 1. The predicted octanol–water partition coefficient (Wildman–Crippen LogP) is 1.15. The molecule has 7 nitrogen and oxygen atoms in total. The summed E-state index contributed by atoms with van der Waals surface area (Å²) in [6.45, 7) is 2.68. The first-order chi connectivity index (χ1) is 8.58. The number of likely N-dealkylation sites (N-methyl/N-ethyl adjacent to an activating group) is 1. The number of nitrogens with zero attached hydrogens (tertiary/aromatic N) is 1. The van der Waals surface area contributed by atoms with Gasteiger partial charge in [-0.05, 0) is 12.6 Å². The van der Waals surface area contributed by atoms with Crippen molar-refractivity contribution >= 4 is 17.3 Å². The summed E-state index contributed by atoms with van der Waals surface area (Å²) in [5.74, 6) is 0.0982. The molecule has 1 rings (SSSR count). The van der Waals surface area contributed by atoms with Crippen molar-refractivity contribution in [3.63, 3.8) is 0 Å². The van der Waals surface area contributed by atoms with Crippen LogP contribution in [-0.4, -0.2) is 31.0 Å². The molecule has 1 amide bonds. The summed E-state index contributed by atoms with van der Waals surface area (Å²) in [6, 6.07) is 4.03. The lowest BCUT2D eigenvalue weighted by molar-refractivity contribution is -0.384. The summed E-state index contributed by atoms with van der Waals surface area (Å²) in [5.41, 5.74) is 0.184. The zero-order valence-electron chi connectivity index (χ0n) is 10.2. The average molecular weight is 253 g/mol. The first-order valence-electron chi connectivity index (χ1n) is 5.41. The second-order valence-corrected chi connectivity index (χ2v) is 3.47. The zero-order chi connectivity index (χ0) is 13.5. The Kier molecular flexibility index (Phi) is 5.06. The molecule has 0 unspecified atom stereocenters. The summed E-state index contributed by atoms with van der Waals surface area (Å²) in [6.07, 6.45) is 0. The Morgan fingerprint density at radius 3 is 2.78 bits per heavy atom. The number of non-ortho nitro benzene ring substituents is 1. The number of amides is 1. The van der Waals surface area contributed by atoms with Crippen LogP contribution in [-0.2, 0) is 4.79 Å². The van der Waals surface area contributed by atoms with Crippen molar-refractivity contribution < 1.29 is 14.5 Å². The SMILES string of the molecule is CCNCC(=O)Nc1cc([N+](=O)[O-])ccc1OC. The number of hydrogen-bond donors (Lipinski definition) is 2. The fraction of sp³-hybridized carbons (Fsp3) is 0.364. The van der Waals surface area contributed by atoms with E-state index in [4.69, 9.17) is 4.74 Å². The van der Waals surface area contributed by atoms with Gasteiger partial charge in [-0.3, -0.25) is 14.9 Å². The molecule has 0 aliphatic carbocycles. The van der Waals surface area contributed by atoms with Gasteiger partial charge in [0, 0.05) is 12.1 Å². The number of hydrogen-bond acceptors (Lipinski definition) is 5. The van der Waals surface area contributed by atoms with Gasteiger partial charge < -0.3 is 15.4 Å². The highest BCUT2D eigenvalue weighted by Crippen LogP contribution is 2.28. The first kappa shape index (κ1) is 13.9. The molecule has 0 saturated carbocycles. The van der Waals surface area contributed by atoms with Crippen LogP contribution in [0.5, 0.6) is 5.75 Å². The van der Waals surface area contributed by atoms with Crippen LogP contribution in [0.25, 0.3) is 0 Å². The topological polar surface area (TPSA) is 93.5 Å². The second-order valence-electron chi connectivity index (χ2n) is 3.47. The number of anilines is 1. The van der Waals surface area contributed by atoms with Crippen molar-refractivity contribution in [3.8, 4) is 5.75 Å². The van der Waals surface area contributed by atoms with Crippen LogP contribution in [0.15, 0.2) is 18.2 Å². The van der Waals surface area contributed by atoms with E-state index < -0.39 is 4.92 Å². The monoisotopic (exact) mass is 253 g/mol. The Bertz CT molecular complexity index is 448. The van der Waals surface area contributed by atoms with Gasteiger partial charge in [0.05, 0.1) is 24.3 Å². The smallest absolute Gasteiger partial charge is 0.271 e. The number of benzene rings is 1. The number of nitrogens with one attached hydrogen (secondary N) is 2. The van der Waals surface area contributed by atoms with E-state index in [1.54, 1.807) is 0 Å². The molecule has 1 aromatic rings. The highest BCUT2D eigenvalue weighted by Gasteiger charge is 2.13. The number of carbonyl (C=O) groups excluding carboxylic acids is 1. The molecule has 0 bridgehead atoms. The molecular weight excluding hydrogens is 238 g/mol. The fourth-order valence-electron chi connectivity index (χ4n) is 1.34. The van der Waals surface area contributed by atoms with Crippen LogP contribution >= 0.6 is 0 Å². The molecular formula is C11H15N3O4. The Hall–Kier alpha value is -2.15. The molecule has 98 valence electrons. The summed E-state index contributed by atoms with van der Waals surface area (Å²) in [5, 5.41) is 16.1. The lowest BCUT2D eigenvalue weighted by Gasteiger charge is -2.10. The Balaban J connectivity index is 2.87. The number of rotatable bonds is 6. The van der Waals surface area contributed by atoms with E-state index in [2.05, 4.69) is 10.6 Å². The van der Waals surface area contributed by atoms with Crippen LogP contribution in [0.2, 0.25) is 0 Å². The Morgan fingerprint density at radius 2 is 2.22 bits per heavy atom.